The Morgan fingerprint density at radius 2 is 1.60 bits per heavy atom. The molecule has 0 unspecified atom stereocenters. The smallest absolute Gasteiger partial charge is 0.244 e. The zero-order chi connectivity index (χ0) is 26.5. The second-order valence-corrected chi connectivity index (χ2v) is 11.7. The fraction of sp³-hybridized carbons (Fsp3) is 0.391. The summed E-state index contributed by atoms with van der Waals surface area (Å²) >= 11 is 24.9. The fourth-order valence-electron chi connectivity index (χ4n) is 3.43. The quantitative estimate of drug-likeness (QED) is 0.406. The first-order chi connectivity index (χ1) is 16.3. The zero-order valence-electron chi connectivity index (χ0n) is 19.7. The topological polar surface area (TPSA) is 86.8 Å². The number of anilines is 1. The van der Waals surface area contributed by atoms with Gasteiger partial charge in [-0.2, -0.15) is 0 Å². The van der Waals surface area contributed by atoms with Crippen LogP contribution in [0.15, 0.2) is 36.4 Å². The number of amides is 2. The molecule has 0 aromatic heterocycles. The van der Waals surface area contributed by atoms with Gasteiger partial charge in [0.05, 0.1) is 17.0 Å². The lowest BCUT2D eigenvalue weighted by atomic mass is 10.1. The number of nitrogens with zero attached hydrogens (tertiary/aromatic N) is 2. The molecule has 0 aliphatic rings. The summed E-state index contributed by atoms with van der Waals surface area (Å²) in [5.41, 5.74) is 0.526. The summed E-state index contributed by atoms with van der Waals surface area (Å²) in [4.78, 5) is 27.9. The van der Waals surface area contributed by atoms with E-state index >= 15 is 0 Å². The third-order valence-electron chi connectivity index (χ3n) is 5.06. The number of sulfonamides is 1. The summed E-state index contributed by atoms with van der Waals surface area (Å²) in [6, 6.07) is 8.10. The van der Waals surface area contributed by atoms with Crippen LogP contribution >= 0.6 is 46.4 Å². The minimum atomic E-state index is -3.94. The van der Waals surface area contributed by atoms with Gasteiger partial charge in [-0.3, -0.25) is 13.9 Å². The van der Waals surface area contributed by atoms with Gasteiger partial charge in [0.15, 0.2) is 0 Å². The molecule has 0 spiro atoms. The Bertz CT molecular complexity index is 1170. The third kappa shape index (κ3) is 7.89. The van der Waals surface area contributed by atoms with Crippen LogP contribution < -0.4 is 9.62 Å². The van der Waals surface area contributed by atoms with Crippen molar-refractivity contribution in [3.05, 3.63) is 62.1 Å². The van der Waals surface area contributed by atoms with Crippen LogP contribution in [0.3, 0.4) is 0 Å². The highest BCUT2D eigenvalue weighted by atomic mass is 35.5. The molecule has 0 fully saturated rings. The van der Waals surface area contributed by atoms with E-state index in [9.17, 15) is 18.0 Å². The summed E-state index contributed by atoms with van der Waals surface area (Å²) in [7, 11) is -3.94. The molecule has 0 heterocycles. The molecule has 0 radical (unpaired) electrons. The van der Waals surface area contributed by atoms with Gasteiger partial charge in [0.1, 0.15) is 12.6 Å². The van der Waals surface area contributed by atoms with Gasteiger partial charge in [0.2, 0.25) is 21.8 Å². The highest BCUT2D eigenvalue weighted by molar-refractivity contribution is 7.92. The van der Waals surface area contributed by atoms with Gasteiger partial charge in [0.25, 0.3) is 0 Å². The number of hydrogen-bond donors (Lipinski definition) is 1. The molecular weight excluding hydrogens is 556 g/mol. The molecule has 0 saturated carbocycles. The van der Waals surface area contributed by atoms with E-state index in [4.69, 9.17) is 46.4 Å². The normalized spacial score (nSPS) is 12.4. The van der Waals surface area contributed by atoms with Crippen molar-refractivity contribution in [2.45, 2.75) is 45.8 Å². The first-order valence-corrected chi connectivity index (χ1v) is 14.1. The molecule has 0 saturated heterocycles. The average Bonchev–Trinajstić information content (AvgIpc) is 2.73. The molecule has 2 aromatic carbocycles. The minimum absolute atomic E-state index is 0.0565. The number of benzene rings is 2. The van der Waals surface area contributed by atoms with Crippen molar-refractivity contribution in [2.24, 2.45) is 0 Å². The first kappa shape index (κ1) is 29.5. The van der Waals surface area contributed by atoms with Crippen molar-refractivity contribution in [3.8, 4) is 0 Å². The predicted octanol–water partition coefficient (Wildman–Crippen LogP) is 5.40. The fourth-order valence-corrected chi connectivity index (χ4v) is 5.37. The van der Waals surface area contributed by atoms with Crippen LogP contribution in [0.5, 0.6) is 0 Å². The maximum absolute atomic E-state index is 13.7. The van der Waals surface area contributed by atoms with Gasteiger partial charge in [-0.15, -0.1) is 0 Å². The van der Waals surface area contributed by atoms with Gasteiger partial charge in [-0.25, -0.2) is 8.42 Å². The molecule has 0 bridgehead atoms. The van der Waals surface area contributed by atoms with Gasteiger partial charge < -0.3 is 10.2 Å². The molecule has 192 valence electrons. The van der Waals surface area contributed by atoms with Crippen LogP contribution in [-0.2, 0) is 26.2 Å². The number of rotatable bonds is 10. The van der Waals surface area contributed by atoms with Crippen LogP contribution in [0.4, 0.5) is 5.69 Å². The van der Waals surface area contributed by atoms with E-state index in [1.807, 2.05) is 0 Å². The molecule has 2 rings (SSSR count). The van der Waals surface area contributed by atoms with E-state index in [1.54, 1.807) is 39.0 Å². The second kappa shape index (κ2) is 12.5. The molecule has 35 heavy (non-hydrogen) atoms. The van der Waals surface area contributed by atoms with Crippen LogP contribution in [0, 0.1) is 0 Å². The van der Waals surface area contributed by atoms with E-state index in [1.165, 1.54) is 23.1 Å². The Balaban J connectivity index is 2.54. The van der Waals surface area contributed by atoms with Crippen LogP contribution in [0.1, 0.15) is 32.8 Å². The maximum Gasteiger partial charge on any atom is 0.244 e. The summed E-state index contributed by atoms with van der Waals surface area (Å²) in [6.07, 6.45) is 1.23. The summed E-state index contributed by atoms with van der Waals surface area (Å²) in [5, 5.41) is 3.80. The molecular formula is C23H27Cl4N3O4S. The van der Waals surface area contributed by atoms with E-state index in [2.05, 4.69) is 5.32 Å². The van der Waals surface area contributed by atoms with Crippen molar-refractivity contribution in [1.29, 1.82) is 0 Å². The molecule has 12 heteroatoms. The number of carbonyl (C=O) groups excluding carboxylic acids is 2. The Morgan fingerprint density at radius 1 is 1.00 bits per heavy atom. The van der Waals surface area contributed by atoms with Crippen molar-refractivity contribution < 1.29 is 18.0 Å². The lowest BCUT2D eigenvalue weighted by molar-refractivity contribution is -0.140. The Labute approximate surface area is 226 Å². The van der Waals surface area contributed by atoms with Crippen LogP contribution in [0.25, 0.3) is 0 Å². The lowest BCUT2D eigenvalue weighted by Gasteiger charge is -2.33. The lowest BCUT2D eigenvalue weighted by Crippen LogP contribution is -2.53. The molecule has 1 atom stereocenters. The molecule has 2 aromatic rings. The third-order valence-corrected chi connectivity index (χ3v) is 7.44. The summed E-state index contributed by atoms with van der Waals surface area (Å²) < 4.78 is 26.2. The number of hydrogen-bond acceptors (Lipinski definition) is 4. The summed E-state index contributed by atoms with van der Waals surface area (Å²) in [6.45, 7) is 4.65. The molecule has 1 N–H and O–H groups in total. The number of halogens is 4. The van der Waals surface area contributed by atoms with E-state index in [0.717, 1.165) is 10.6 Å². The largest absolute Gasteiger partial charge is 0.352 e. The van der Waals surface area contributed by atoms with Gasteiger partial charge >= 0.3 is 0 Å². The van der Waals surface area contributed by atoms with E-state index in [0.29, 0.717) is 20.6 Å². The SMILES string of the molecule is CC[C@H](C(=O)NC(C)C)N(Cc1c(Cl)cccc1Cl)C(=O)CN(c1ccc(Cl)cc1Cl)S(C)(=O)=O. The Kier molecular flexibility index (Phi) is 10.5. The van der Waals surface area contributed by atoms with Gasteiger partial charge in [-0.1, -0.05) is 59.4 Å². The monoisotopic (exact) mass is 581 g/mol. The highest BCUT2D eigenvalue weighted by Gasteiger charge is 2.33. The van der Waals surface area contributed by atoms with E-state index in [-0.39, 0.29) is 35.6 Å². The zero-order valence-corrected chi connectivity index (χ0v) is 23.5. The molecule has 0 aliphatic heterocycles. The number of carbonyl (C=O) groups is 2. The van der Waals surface area contributed by atoms with Crippen LogP contribution in [-0.4, -0.2) is 50.0 Å². The molecule has 7 nitrogen and oxygen atoms in total. The molecule has 2 amide bonds. The van der Waals surface area contributed by atoms with Crippen LogP contribution in [0.2, 0.25) is 20.1 Å². The second-order valence-electron chi connectivity index (χ2n) is 8.17. The maximum atomic E-state index is 13.7. The van der Waals surface area contributed by atoms with E-state index < -0.39 is 28.5 Å². The van der Waals surface area contributed by atoms with Crippen molar-refractivity contribution in [2.75, 3.05) is 17.1 Å². The first-order valence-electron chi connectivity index (χ1n) is 10.7. The minimum Gasteiger partial charge on any atom is -0.352 e. The summed E-state index contributed by atoms with van der Waals surface area (Å²) in [5.74, 6) is -1.02. The number of nitrogens with one attached hydrogen (secondary N) is 1. The molecule has 0 aliphatic carbocycles. The van der Waals surface area contributed by atoms with Crippen molar-refractivity contribution >= 4 is 73.9 Å². The predicted molar refractivity (Wildman–Crippen MR) is 143 cm³/mol. The van der Waals surface area contributed by atoms with Crippen molar-refractivity contribution in [1.82, 2.24) is 10.2 Å². The standard InChI is InChI=1S/C23H27Cl4N3O4S/c1-5-20(23(32)28-14(2)3)29(12-16-17(25)7-6-8-18(16)26)22(31)13-30(35(4,33)34)21-10-9-15(24)11-19(21)27/h6-11,14,20H,5,12-13H2,1-4H3,(H,28,32)/t20-/m1/s1. The Morgan fingerprint density at radius 3 is 2.09 bits per heavy atom. The average molecular weight is 583 g/mol. The highest BCUT2D eigenvalue weighted by Crippen LogP contribution is 2.31. The van der Waals surface area contributed by atoms with Gasteiger partial charge in [0, 0.05) is 33.2 Å². The van der Waals surface area contributed by atoms with Crippen molar-refractivity contribution in [3.63, 3.8) is 0 Å². The Hall–Kier alpha value is -1.71. The van der Waals surface area contributed by atoms with Gasteiger partial charge in [-0.05, 0) is 50.6 Å².